The van der Waals surface area contributed by atoms with Crippen LogP contribution in [0.4, 0.5) is 5.69 Å². The largest absolute Gasteiger partial charge is 0.497 e. The summed E-state index contributed by atoms with van der Waals surface area (Å²) in [7, 11) is -1.09. The molecule has 4 N–H and O–H groups in total. The molecule has 39 heavy (non-hydrogen) atoms. The van der Waals surface area contributed by atoms with Crippen molar-refractivity contribution in [3.05, 3.63) is 77.4 Å². The van der Waals surface area contributed by atoms with Crippen molar-refractivity contribution in [2.45, 2.75) is 50.5 Å². The van der Waals surface area contributed by atoms with Crippen molar-refractivity contribution in [3.8, 4) is 17.2 Å². The van der Waals surface area contributed by atoms with Crippen LogP contribution in [0.15, 0.2) is 65.6 Å². The number of sulfonamides is 1. The van der Waals surface area contributed by atoms with Crippen LogP contribution in [0, 0.1) is 5.41 Å². The molecule has 0 saturated carbocycles. The van der Waals surface area contributed by atoms with E-state index in [-0.39, 0.29) is 29.3 Å². The van der Waals surface area contributed by atoms with Gasteiger partial charge in [0.2, 0.25) is 0 Å². The zero-order valence-electron chi connectivity index (χ0n) is 22.5. The van der Waals surface area contributed by atoms with Crippen LogP contribution in [0.1, 0.15) is 49.3 Å². The Kier molecular flexibility index (Phi) is 10.5. The van der Waals surface area contributed by atoms with E-state index >= 15 is 0 Å². The SMILES string of the molecule is CCCC(=N)c1ccc(CCCC(=O)Oc2ccc(NS(=O)(=O)c3cc(OC)cc(OC)c3)cc2CN)cc1. The zero-order valence-corrected chi connectivity index (χ0v) is 23.3. The van der Waals surface area contributed by atoms with Crippen LogP contribution in [0.25, 0.3) is 0 Å². The van der Waals surface area contributed by atoms with Gasteiger partial charge in [0, 0.05) is 48.1 Å². The zero-order chi connectivity index (χ0) is 28.4. The summed E-state index contributed by atoms with van der Waals surface area (Å²) in [5.74, 6) is 0.559. The first kappa shape index (κ1) is 29.7. The lowest BCUT2D eigenvalue weighted by Gasteiger charge is -2.14. The van der Waals surface area contributed by atoms with E-state index in [0.717, 1.165) is 24.0 Å². The number of anilines is 1. The average Bonchev–Trinajstić information content (AvgIpc) is 2.93. The molecule has 0 heterocycles. The number of carbonyl (C=O) groups is 1. The van der Waals surface area contributed by atoms with Crippen LogP contribution in [-0.2, 0) is 27.8 Å². The van der Waals surface area contributed by atoms with Gasteiger partial charge in [-0.2, -0.15) is 0 Å². The van der Waals surface area contributed by atoms with E-state index in [0.29, 0.717) is 35.6 Å². The van der Waals surface area contributed by atoms with Gasteiger partial charge in [0.05, 0.1) is 19.1 Å². The number of rotatable bonds is 14. The minimum Gasteiger partial charge on any atom is -0.497 e. The first-order chi connectivity index (χ1) is 18.7. The Morgan fingerprint density at radius 3 is 2.21 bits per heavy atom. The van der Waals surface area contributed by atoms with Gasteiger partial charge in [0.1, 0.15) is 17.2 Å². The molecule has 0 saturated heterocycles. The molecule has 0 unspecified atom stereocenters. The maximum Gasteiger partial charge on any atom is 0.311 e. The van der Waals surface area contributed by atoms with Gasteiger partial charge < -0.3 is 25.4 Å². The molecule has 0 atom stereocenters. The maximum atomic E-state index is 13.0. The van der Waals surface area contributed by atoms with Crippen molar-refractivity contribution in [3.63, 3.8) is 0 Å². The van der Waals surface area contributed by atoms with Crippen LogP contribution in [0.5, 0.6) is 17.2 Å². The summed E-state index contributed by atoms with van der Waals surface area (Å²) in [6.45, 7) is 2.10. The molecule has 0 radical (unpaired) electrons. The normalized spacial score (nSPS) is 11.1. The molecule has 0 amide bonds. The number of methoxy groups -OCH3 is 2. The summed E-state index contributed by atoms with van der Waals surface area (Å²) in [4.78, 5) is 12.4. The van der Waals surface area contributed by atoms with Gasteiger partial charge in [0.25, 0.3) is 10.0 Å². The molecule has 9 nitrogen and oxygen atoms in total. The Morgan fingerprint density at radius 1 is 0.949 bits per heavy atom. The maximum absolute atomic E-state index is 13.0. The van der Waals surface area contributed by atoms with E-state index in [1.165, 1.54) is 44.6 Å². The quantitative estimate of drug-likeness (QED) is 0.144. The fourth-order valence-corrected chi connectivity index (χ4v) is 5.03. The molecule has 3 rings (SSSR count). The number of carbonyl (C=O) groups excluding carboxylic acids is 1. The Labute approximate surface area is 229 Å². The Morgan fingerprint density at radius 2 is 1.62 bits per heavy atom. The summed E-state index contributed by atoms with van der Waals surface area (Å²) >= 11 is 0. The minimum atomic E-state index is -3.96. The summed E-state index contributed by atoms with van der Waals surface area (Å²) in [6.07, 6.45) is 3.20. The molecule has 0 aliphatic carbocycles. The number of hydrogen-bond donors (Lipinski definition) is 3. The molecule has 0 aliphatic rings. The molecular weight excluding hydrogens is 518 g/mol. The fraction of sp³-hybridized carbons (Fsp3) is 0.310. The minimum absolute atomic E-state index is 0.0302. The molecular formula is C29H35N3O6S. The van der Waals surface area contributed by atoms with Crippen LogP contribution in [0.2, 0.25) is 0 Å². The fourth-order valence-electron chi connectivity index (χ4n) is 3.93. The van der Waals surface area contributed by atoms with Gasteiger partial charge in [-0.05, 0) is 48.6 Å². The molecule has 3 aromatic carbocycles. The predicted octanol–water partition coefficient (Wildman–Crippen LogP) is 5.06. The first-order valence-electron chi connectivity index (χ1n) is 12.6. The number of esters is 1. The van der Waals surface area contributed by atoms with E-state index in [1.54, 1.807) is 6.07 Å². The summed E-state index contributed by atoms with van der Waals surface area (Å²) in [5, 5.41) is 8.05. The number of nitrogens with two attached hydrogens (primary N) is 1. The van der Waals surface area contributed by atoms with Gasteiger partial charge in [0.15, 0.2) is 0 Å². The van der Waals surface area contributed by atoms with Crippen molar-refractivity contribution in [1.82, 2.24) is 0 Å². The van der Waals surface area contributed by atoms with Crippen molar-refractivity contribution >= 4 is 27.4 Å². The third-order valence-corrected chi connectivity index (χ3v) is 7.40. The second-order valence-corrected chi connectivity index (χ2v) is 10.6. The Bertz CT molecular complexity index is 1380. The summed E-state index contributed by atoms with van der Waals surface area (Å²) < 4.78 is 44.3. The van der Waals surface area contributed by atoms with Crippen molar-refractivity contribution in [1.29, 1.82) is 5.41 Å². The van der Waals surface area contributed by atoms with E-state index in [1.807, 2.05) is 24.3 Å². The van der Waals surface area contributed by atoms with Crippen molar-refractivity contribution < 1.29 is 27.4 Å². The molecule has 0 fully saturated rings. The Balaban J connectivity index is 1.60. The number of aryl methyl sites for hydroxylation is 1. The standard InChI is InChI=1S/C29H35N3O6S/c1-4-6-27(31)21-11-9-20(10-12-21)7-5-8-29(33)38-28-14-13-23(15-22(28)19-30)32-39(34,35)26-17-24(36-2)16-25(18-26)37-3/h9-18,31-32H,4-8,19,30H2,1-3H3. The molecule has 0 bridgehead atoms. The molecule has 208 valence electrons. The van der Waals surface area contributed by atoms with E-state index in [9.17, 15) is 13.2 Å². The van der Waals surface area contributed by atoms with Crippen LogP contribution < -0.4 is 24.7 Å². The highest BCUT2D eigenvalue weighted by Gasteiger charge is 2.18. The number of ether oxygens (including phenoxy) is 3. The Hall–Kier alpha value is -3.89. The van der Waals surface area contributed by atoms with Crippen LogP contribution in [-0.4, -0.2) is 34.3 Å². The number of hydrogen-bond acceptors (Lipinski definition) is 8. The third kappa shape index (κ3) is 8.30. The summed E-state index contributed by atoms with van der Waals surface area (Å²) in [5.41, 5.74) is 9.25. The smallest absolute Gasteiger partial charge is 0.311 e. The van der Waals surface area contributed by atoms with Gasteiger partial charge in [-0.1, -0.05) is 37.6 Å². The number of nitrogens with one attached hydrogen (secondary N) is 2. The third-order valence-electron chi connectivity index (χ3n) is 6.04. The van der Waals surface area contributed by atoms with E-state index < -0.39 is 16.0 Å². The van der Waals surface area contributed by atoms with Gasteiger partial charge in [-0.15, -0.1) is 0 Å². The lowest BCUT2D eigenvalue weighted by atomic mass is 10.0. The molecule has 0 aromatic heterocycles. The molecule has 0 aliphatic heterocycles. The van der Waals surface area contributed by atoms with E-state index in [4.69, 9.17) is 25.4 Å². The molecule has 0 spiro atoms. The monoisotopic (exact) mass is 553 g/mol. The lowest BCUT2D eigenvalue weighted by molar-refractivity contribution is -0.134. The molecule has 10 heteroatoms. The highest BCUT2D eigenvalue weighted by molar-refractivity contribution is 7.92. The second-order valence-electron chi connectivity index (χ2n) is 8.93. The van der Waals surface area contributed by atoms with Gasteiger partial charge in [-0.25, -0.2) is 8.42 Å². The molecule has 3 aromatic rings. The summed E-state index contributed by atoms with van der Waals surface area (Å²) in [6, 6.07) is 16.8. The highest BCUT2D eigenvalue weighted by Crippen LogP contribution is 2.29. The predicted molar refractivity (Wildman–Crippen MR) is 151 cm³/mol. The first-order valence-corrected chi connectivity index (χ1v) is 14.1. The second kappa shape index (κ2) is 13.8. The topological polar surface area (TPSA) is 141 Å². The van der Waals surface area contributed by atoms with Crippen LogP contribution >= 0.6 is 0 Å². The van der Waals surface area contributed by atoms with Crippen molar-refractivity contribution in [2.24, 2.45) is 5.73 Å². The lowest BCUT2D eigenvalue weighted by Crippen LogP contribution is -2.15. The van der Waals surface area contributed by atoms with Crippen LogP contribution in [0.3, 0.4) is 0 Å². The van der Waals surface area contributed by atoms with Gasteiger partial charge >= 0.3 is 5.97 Å². The van der Waals surface area contributed by atoms with Crippen molar-refractivity contribution in [2.75, 3.05) is 18.9 Å². The highest BCUT2D eigenvalue weighted by atomic mass is 32.2. The number of benzene rings is 3. The van der Waals surface area contributed by atoms with E-state index in [2.05, 4.69) is 11.6 Å². The van der Waals surface area contributed by atoms with Gasteiger partial charge in [-0.3, -0.25) is 9.52 Å². The average molecular weight is 554 g/mol.